The molecule has 2 unspecified atom stereocenters. The van der Waals surface area contributed by atoms with Crippen LogP contribution in [-0.2, 0) is 0 Å². The van der Waals surface area contributed by atoms with Crippen LogP contribution in [0.5, 0.6) is 0 Å². The molecule has 2 aliphatic rings. The van der Waals surface area contributed by atoms with Crippen LogP contribution in [0.2, 0.25) is 0 Å². The number of aromatic nitrogens is 1. The second-order valence-corrected chi connectivity index (χ2v) is 6.44. The van der Waals surface area contributed by atoms with E-state index in [4.69, 9.17) is 0 Å². The lowest BCUT2D eigenvalue weighted by molar-refractivity contribution is 0.169. The summed E-state index contributed by atoms with van der Waals surface area (Å²) in [7, 11) is 2.29. The van der Waals surface area contributed by atoms with Crippen molar-refractivity contribution in [2.45, 2.75) is 57.7 Å². The van der Waals surface area contributed by atoms with Crippen molar-refractivity contribution >= 4 is 11.5 Å². The van der Waals surface area contributed by atoms with Crippen LogP contribution in [0.1, 0.15) is 39.5 Å². The van der Waals surface area contributed by atoms with Gasteiger partial charge in [0.15, 0.2) is 0 Å². The Morgan fingerprint density at radius 2 is 1.86 bits per heavy atom. The SMILES string of the molecule is CCN(CC)c1ccc(NC2CC3CCC(C2)N3C)cn1. The minimum absolute atomic E-state index is 0.611. The maximum atomic E-state index is 4.61. The van der Waals surface area contributed by atoms with Crippen molar-refractivity contribution in [1.29, 1.82) is 0 Å². The molecular weight excluding hydrogens is 260 g/mol. The molecule has 2 saturated heterocycles. The van der Waals surface area contributed by atoms with Crippen molar-refractivity contribution in [2.75, 3.05) is 30.4 Å². The highest BCUT2D eigenvalue weighted by molar-refractivity contribution is 5.49. The second kappa shape index (κ2) is 6.22. The molecule has 2 fully saturated rings. The Morgan fingerprint density at radius 3 is 2.38 bits per heavy atom. The molecule has 4 nitrogen and oxygen atoms in total. The van der Waals surface area contributed by atoms with E-state index >= 15 is 0 Å². The summed E-state index contributed by atoms with van der Waals surface area (Å²) in [5.41, 5.74) is 1.17. The predicted octanol–water partition coefficient (Wildman–Crippen LogP) is 2.96. The van der Waals surface area contributed by atoms with Crippen LogP contribution in [0.25, 0.3) is 0 Å². The first-order chi connectivity index (χ1) is 10.2. The molecule has 4 heteroatoms. The summed E-state index contributed by atoms with van der Waals surface area (Å²) in [6, 6.07) is 6.49. The predicted molar refractivity (Wildman–Crippen MR) is 89.0 cm³/mol. The van der Waals surface area contributed by atoms with Gasteiger partial charge in [-0.1, -0.05) is 0 Å². The fourth-order valence-electron chi connectivity index (χ4n) is 3.97. The van der Waals surface area contributed by atoms with E-state index in [1.54, 1.807) is 0 Å². The zero-order valence-electron chi connectivity index (χ0n) is 13.5. The van der Waals surface area contributed by atoms with Gasteiger partial charge in [-0.3, -0.25) is 0 Å². The number of piperidine rings is 1. The Hall–Kier alpha value is -1.29. The zero-order chi connectivity index (χ0) is 14.8. The largest absolute Gasteiger partial charge is 0.381 e. The number of rotatable bonds is 5. The van der Waals surface area contributed by atoms with Gasteiger partial charge in [0, 0.05) is 31.2 Å². The van der Waals surface area contributed by atoms with E-state index in [2.05, 4.69) is 53.1 Å². The number of anilines is 2. The number of pyridine rings is 1. The molecule has 2 aliphatic heterocycles. The lowest BCUT2D eigenvalue weighted by atomic mass is 9.98. The first-order valence-electron chi connectivity index (χ1n) is 8.40. The quantitative estimate of drug-likeness (QED) is 0.902. The maximum Gasteiger partial charge on any atom is 0.128 e. The van der Waals surface area contributed by atoms with Gasteiger partial charge in [0.05, 0.1) is 11.9 Å². The van der Waals surface area contributed by atoms with Gasteiger partial charge in [-0.15, -0.1) is 0 Å². The van der Waals surface area contributed by atoms with Crippen molar-refractivity contribution in [2.24, 2.45) is 0 Å². The molecule has 0 amide bonds. The summed E-state index contributed by atoms with van der Waals surface area (Å²) in [6.07, 6.45) is 7.28. The molecule has 0 saturated carbocycles. The molecule has 1 aromatic rings. The Morgan fingerprint density at radius 1 is 1.19 bits per heavy atom. The average Bonchev–Trinajstić information content (AvgIpc) is 2.73. The smallest absolute Gasteiger partial charge is 0.128 e. The number of hydrogen-bond acceptors (Lipinski definition) is 4. The molecule has 2 bridgehead atoms. The molecular formula is C17H28N4. The number of fused-ring (bicyclic) bond motifs is 2. The normalized spacial score (nSPS) is 28.6. The first-order valence-corrected chi connectivity index (χ1v) is 8.40. The Bertz CT molecular complexity index is 440. The zero-order valence-corrected chi connectivity index (χ0v) is 13.5. The van der Waals surface area contributed by atoms with Crippen LogP contribution in [-0.4, -0.2) is 48.1 Å². The van der Waals surface area contributed by atoms with Crippen LogP contribution in [0, 0.1) is 0 Å². The Balaban J connectivity index is 1.61. The molecule has 2 atom stereocenters. The minimum Gasteiger partial charge on any atom is -0.381 e. The van der Waals surface area contributed by atoms with E-state index < -0.39 is 0 Å². The molecule has 0 aromatic carbocycles. The van der Waals surface area contributed by atoms with E-state index in [-0.39, 0.29) is 0 Å². The van der Waals surface area contributed by atoms with Gasteiger partial charge in [0.25, 0.3) is 0 Å². The lowest BCUT2D eigenvalue weighted by Crippen LogP contribution is -2.44. The molecule has 116 valence electrons. The number of nitrogens with one attached hydrogen (secondary N) is 1. The monoisotopic (exact) mass is 288 g/mol. The molecule has 3 rings (SSSR count). The molecule has 1 N–H and O–H groups in total. The van der Waals surface area contributed by atoms with Gasteiger partial charge >= 0.3 is 0 Å². The first kappa shape index (κ1) is 14.6. The van der Waals surface area contributed by atoms with Crippen LogP contribution in [0.15, 0.2) is 18.3 Å². The Kier molecular flexibility index (Phi) is 4.34. The van der Waals surface area contributed by atoms with Crippen molar-refractivity contribution in [3.63, 3.8) is 0 Å². The summed E-state index contributed by atoms with van der Waals surface area (Å²) in [6.45, 7) is 6.36. The molecule has 0 aliphatic carbocycles. The average molecular weight is 288 g/mol. The van der Waals surface area contributed by atoms with Crippen molar-refractivity contribution in [3.05, 3.63) is 18.3 Å². The lowest BCUT2D eigenvalue weighted by Gasteiger charge is -2.37. The van der Waals surface area contributed by atoms with E-state index in [1.807, 2.05) is 6.20 Å². The fraction of sp³-hybridized carbons (Fsp3) is 0.706. The third kappa shape index (κ3) is 3.00. The van der Waals surface area contributed by atoms with Gasteiger partial charge in [0.1, 0.15) is 5.82 Å². The standard InChI is InChI=1S/C17H28N4/c1-4-21(5-2)17-9-6-13(12-18-17)19-14-10-15-7-8-16(11-14)20(15)3/h6,9,12,14-16,19H,4-5,7-8,10-11H2,1-3H3. The van der Waals surface area contributed by atoms with Crippen LogP contribution in [0.3, 0.4) is 0 Å². The van der Waals surface area contributed by atoms with Gasteiger partial charge in [-0.25, -0.2) is 4.98 Å². The van der Waals surface area contributed by atoms with E-state index in [1.165, 1.54) is 31.4 Å². The highest BCUT2D eigenvalue weighted by atomic mass is 15.2. The molecule has 21 heavy (non-hydrogen) atoms. The number of nitrogens with zero attached hydrogens (tertiary/aromatic N) is 3. The third-order valence-corrected chi connectivity index (χ3v) is 5.30. The second-order valence-electron chi connectivity index (χ2n) is 6.44. The van der Waals surface area contributed by atoms with E-state index in [9.17, 15) is 0 Å². The highest BCUT2D eigenvalue weighted by Crippen LogP contribution is 2.35. The van der Waals surface area contributed by atoms with Crippen molar-refractivity contribution in [1.82, 2.24) is 9.88 Å². The van der Waals surface area contributed by atoms with Gasteiger partial charge in [0.2, 0.25) is 0 Å². The topological polar surface area (TPSA) is 31.4 Å². The summed E-state index contributed by atoms with van der Waals surface area (Å²) in [5.74, 6) is 1.08. The van der Waals surface area contributed by atoms with Gasteiger partial charge < -0.3 is 15.1 Å². The molecule has 1 aromatic heterocycles. The molecule has 0 radical (unpaired) electrons. The molecule has 0 spiro atoms. The van der Waals surface area contributed by atoms with Crippen LogP contribution in [0.4, 0.5) is 11.5 Å². The summed E-state index contributed by atoms with van der Waals surface area (Å²) >= 11 is 0. The maximum absolute atomic E-state index is 4.61. The van der Waals surface area contributed by atoms with E-state index in [0.29, 0.717) is 6.04 Å². The minimum atomic E-state index is 0.611. The van der Waals surface area contributed by atoms with E-state index in [0.717, 1.165) is 31.0 Å². The molecule has 3 heterocycles. The van der Waals surface area contributed by atoms with Crippen molar-refractivity contribution in [3.8, 4) is 0 Å². The van der Waals surface area contributed by atoms with Crippen LogP contribution < -0.4 is 10.2 Å². The highest BCUT2D eigenvalue weighted by Gasteiger charge is 2.38. The fourth-order valence-corrected chi connectivity index (χ4v) is 3.97. The van der Waals surface area contributed by atoms with Gasteiger partial charge in [-0.2, -0.15) is 0 Å². The summed E-state index contributed by atoms with van der Waals surface area (Å²) < 4.78 is 0. The Labute approximate surface area is 128 Å². The third-order valence-electron chi connectivity index (χ3n) is 5.30. The van der Waals surface area contributed by atoms with Crippen LogP contribution >= 0.6 is 0 Å². The summed E-state index contributed by atoms with van der Waals surface area (Å²) in [5, 5.41) is 3.70. The van der Waals surface area contributed by atoms with Gasteiger partial charge in [-0.05, 0) is 58.7 Å². The summed E-state index contributed by atoms with van der Waals surface area (Å²) in [4.78, 5) is 9.47. The number of hydrogen-bond donors (Lipinski definition) is 1. The van der Waals surface area contributed by atoms with Crippen molar-refractivity contribution < 1.29 is 0 Å².